The predicted octanol–water partition coefficient (Wildman–Crippen LogP) is 3.16. The van der Waals surface area contributed by atoms with Gasteiger partial charge in [0.15, 0.2) is 11.6 Å². The van der Waals surface area contributed by atoms with Crippen LogP contribution < -0.4 is 5.32 Å². The summed E-state index contributed by atoms with van der Waals surface area (Å²) in [4.78, 5) is 11.8. The fraction of sp³-hybridized carbons (Fsp3) is 0.0667. The predicted molar refractivity (Wildman–Crippen MR) is 69.8 cm³/mol. The van der Waals surface area contributed by atoms with Crippen molar-refractivity contribution in [1.29, 1.82) is 5.26 Å². The van der Waals surface area contributed by atoms with Crippen LogP contribution in [0.5, 0.6) is 0 Å². The summed E-state index contributed by atoms with van der Waals surface area (Å²) in [7, 11) is 0. The molecular formula is C15H9F3N2O. The molecule has 2 aromatic rings. The molecule has 2 rings (SSSR count). The molecule has 0 atom stereocenters. The van der Waals surface area contributed by atoms with Crippen LogP contribution in [-0.2, 0) is 11.2 Å². The van der Waals surface area contributed by atoms with Gasteiger partial charge in [-0.3, -0.25) is 4.79 Å². The molecule has 0 spiro atoms. The summed E-state index contributed by atoms with van der Waals surface area (Å²) in [5.41, 5.74) is 0.357. The molecule has 0 aliphatic rings. The Labute approximate surface area is 118 Å². The van der Waals surface area contributed by atoms with E-state index in [9.17, 15) is 18.0 Å². The number of amides is 1. The number of halogens is 3. The third kappa shape index (κ3) is 3.60. The molecular weight excluding hydrogens is 281 g/mol. The first kappa shape index (κ1) is 14.6. The second-order valence-corrected chi connectivity index (χ2v) is 4.28. The zero-order valence-electron chi connectivity index (χ0n) is 10.7. The number of benzene rings is 2. The number of rotatable bonds is 3. The maximum atomic E-state index is 13.1. The lowest BCUT2D eigenvalue weighted by atomic mass is 10.1. The topological polar surface area (TPSA) is 52.9 Å². The van der Waals surface area contributed by atoms with Crippen LogP contribution in [0.2, 0.25) is 0 Å². The van der Waals surface area contributed by atoms with Gasteiger partial charge >= 0.3 is 0 Å². The zero-order valence-corrected chi connectivity index (χ0v) is 10.7. The third-order valence-electron chi connectivity index (χ3n) is 2.72. The van der Waals surface area contributed by atoms with E-state index in [1.165, 1.54) is 18.2 Å². The van der Waals surface area contributed by atoms with Crippen molar-refractivity contribution in [3.8, 4) is 6.07 Å². The van der Waals surface area contributed by atoms with Crippen LogP contribution in [0, 0.1) is 28.8 Å². The minimum Gasteiger partial charge on any atom is -0.326 e. The van der Waals surface area contributed by atoms with Crippen molar-refractivity contribution in [2.24, 2.45) is 0 Å². The lowest BCUT2D eigenvalue weighted by Crippen LogP contribution is -2.14. The fourth-order valence-corrected chi connectivity index (χ4v) is 1.73. The fourth-order valence-electron chi connectivity index (χ4n) is 1.73. The number of carbonyl (C=O) groups excluding carboxylic acids is 1. The van der Waals surface area contributed by atoms with Gasteiger partial charge in [0.25, 0.3) is 0 Å². The molecule has 6 heteroatoms. The van der Waals surface area contributed by atoms with Crippen LogP contribution in [-0.4, -0.2) is 5.91 Å². The number of nitrogens with zero attached hydrogens (tertiary/aromatic N) is 1. The molecule has 0 aliphatic carbocycles. The van der Waals surface area contributed by atoms with E-state index in [1.807, 2.05) is 0 Å². The van der Waals surface area contributed by atoms with Gasteiger partial charge in [-0.25, -0.2) is 13.2 Å². The van der Waals surface area contributed by atoms with Gasteiger partial charge in [0.1, 0.15) is 11.9 Å². The zero-order chi connectivity index (χ0) is 15.4. The van der Waals surface area contributed by atoms with E-state index in [-0.39, 0.29) is 17.7 Å². The van der Waals surface area contributed by atoms with Crippen molar-refractivity contribution in [1.82, 2.24) is 0 Å². The molecule has 0 aromatic heterocycles. The van der Waals surface area contributed by atoms with Crippen molar-refractivity contribution >= 4 is 11.6 Å². The molecule has 0 radical (unpaired) electrons. The standard InChI is InChI=1S/C15H9F3N2O/c16-12-4-2-11(7-10(12)8-19)20-15(21)6-9-1-3-13(17)14(18)5-9/h1-5,7H,6H2,(H,20,21). The number of nitriles is 1. The van der Waals surface area contributed by atoms with Crippen LogP contribution in [0.1, 0.15) is 11.1 Å². The summed E-state index contributed by atoms with van der Waals surface area (Å²) in [6.07, 6.45) is -0.170. The average molecular weight is 290 g/mol. The number of hydrogen-bond acceptors (Lipinski definition) is 2. The highest BCUT2D eigenvalue weighted by atomic mass is 19.2. The molecule has 0 fully saturated rings. The van der Waals surface area contributed by atoms with Gasteiger partial charge in [0.2, 0.25) is 5.91 Å². The molecule has 0 unspecified atom stereocenters. The highest BCUT2D eigenvalue weighted by Gasteiger charge is 2.09. The average Bonchev–Trinajstić information content (AvgIpc) is 2.45. The Morgan fingerprint density at radius 2 is 1.76 bits per heavy atom. The van der Waals surface area contributed by atoms with Crippen molar-refractivity contribution < 1.29 is 18.0 Å². The smallest absolute Gasteiger partial charge is 0.228 e. The summed E-state index contributed by atoms with van der Waals surface area (Å²) >= 11 is 0. The van der Waals surface area contributed by atoms with Crippen molar-refractivity contribution in [3.05, 3.63) is 65.0 Å². The lowest BCUT2D eigenvalue weighted by Gasteiger charge is -2.06. The van der Waals surface area contributed by atoms with Crippen LogP contribution in [0.3, 0.4) is 0 Å². The molecule has 106 valence electrons. The molecule has 2 aromatic carbocycles. The second-order valence-electron chi connectivity index (χ2n) is 4.28. The van der Waals surface area contributed by atoms with E-state index in [2.05, 4.69) is 5.32 Å². The molecule has 0 bridgehead atoms. The van der Waals surface area contributed by atoms with Crippen LogP contribution in [0.25, 0.3) is 0 Å². The lowest BCUT2D eigenvalue weighted by molar-refractivity contribution is -0.115. The summed E-state index contributed by atoms with van der Waals surface area (Å²) < 4.78 is 38.9. The number of nitrogens with one attached hydrogen (secondary N) is 1. The van der Waals surface area contributed by atoms with Crippen LogP contribution in [0.15, 0.2) is 36.4 Å². The maximum absolute atomic E-state index is 13.1. The normalized spacial score (nSPS) is 10.0. The van der Waals surface area contributed by atoms with Gasteiger partial charge in [-0.15, -0.1) is 0 Å². The SMILES string of the molecule is N#Cc1cc(NC(=O)Cc2ccc(F)c(F)c2)ccc1F. The Morgan fingerprint density at radius 1 is 1.05 bits per heavy atom. The number of hydrogen-bond donors (Lipinski definition) is 1. The minimum absolute atomic E-state index is 0.170. The summed E-state index contributed by atoms with van der Waals surface area (Å²) in [6, 6.07) is 8.37. The Hall–Kier alpha value is -2.81. The first-order valence-corrected chi connectivity index (χ1v) is 5.93. The Bertz CT molecular complexity index is 738. The van der Waals surface area contributed by atoms with E-state index < -0.39 is 23.4 Å². The molecule has 0 aliphatic heterocycles. The van der Waals surface area contributed by atoms with Crippen LogP contribution >= 0.6 is 0 Å². The monoisotopic (exact) mass is 290 g/mol. The minimum atomic E-state index is -1.03. The number of anilines is 1. The van der Waals surface area contributed by atoms with Gasteiger partial charge in [-0.2, -0.15) is 5.26 Å². The van der Waals surface area contributed by atoms with Crippen molar-refractivity contribution in [3.63, 3.8) is 0 Å². The van der Waals surface area contributed by atoms with Gasteiger partial charge in [0.05, 0.1) is 12.0 Å². The van der Waals surface area contributed by atoms with Gasteiger partial charge in [0, 0.05) is 5.69 Å². The quantitative estimate of drug-likeness (QED) is 0.944. The molecule has 0 heterocycles. The number of carbonyl (C=O) groups is 1. The van der Waals surface area contributed by atoms with Gasteiger partial charge < -0.3 is 5.32 Å². The third-order valence-corrected chi connectivity index (χ3v) is 2.72. The molecule has 1 amide bonds. The van der Waals surface area contributed by atoms with E-state index >= 15 is 0 Å². The molecule has 1 N–H and O–H groups in total. The molecule has 3 nitrogen and oxygen atoms in total. The summed E-state index contributed by atoms with van der Waals surface area (Å²) in [6.45, 7) is 0. The summed E-state index contributed by atoms with van der Waals surface area (Å²) in [5, 5.41) is 11.1. The molecule has 21 heavy (non-hydrogen) atoms. The van der Waals surface area contributed by atoms with Crippen molar-refractivity contribution in [2.75, 3.05) is 5.32 Å². The molecule has 0 saturated heterocycles. The van der Waals surface area contributed by atoms with E-state index in [0.29, 0.717) is 5.56 Å². The highest BCUT2D eigenvalue weighted by Crippen LogP contribution is 2.15. The Kier molecular flexibility index (Phi) is 4.24. The Balaban J connectivity index is 2.08. The highest BCUT2D eigenvalue weighted by molar-refractivity contribution is 5.92. The van der Waals surface area contributed by atoms with E-state index in [0.717, 1.165) is 18.2 Å². The molecule has 0 saturated carbocycles. The summed E-state index contributed by atoms with van der Waals surface area (Å²) in [5.74, 6) is -3.20. The van der Waals surface area contributed by atoms with E-state index in [1.54, 1.807) is 6.07 Å². The van der Waals surface area contributed by atoms with Crippen LogP contribution in [0.4, 0.5) is 18.9 Å². The Morgan fingerprint density at radius 3 is 2.43 bits per heavy atom. The largest absolute Gasteiger partial charge is 0.326 e. The first-order chi connectivity index (χ1) is 9.99. The van der Waals surface area contributed by atoms with E-state index in [4.69, 9.17) is 5.26 Å². The second kappa shape index (κ2) is 6.09. The van der Waals surface area contributed by atoms with Crippen molar-refractivity contribution in [2.45, 2.75) is 6.42 Å². The van der Waals surface area contributed by atoms with Gasteiger partial charge in [-0.05, 0) is 35.9 Å². The first-order valence-electron chi connectivity index (χ1n) is 5.93. The maximum Gasteiger partial charge on any atom is 0.228 e. The van der Waals surface area contributed by atoms with Gasteiger partial charge in [-0.1, -0.05) is 6.07 Å².